The van der Waals surface area contributed by atoms with Crippen LogP contribution >= 0.6 is 33.9 Å². The molecule has 0 aliphatic heterocycles. The third kappa shape index (κ3) is 4.20. The number of carbonyl (C=O) groups is 1. The maximum absolute atomic E-state index is 12.1. The van der Waals surface area contributed by atoms with E-state index >= 15 is 0 Å². The lowest BCUT2D eigenvalue weighted by molar-refractivity contribution is -0.116. The molecule has 118 valence electrons. The van der Waals surface area contributed by atoms with Gasteiger partial charge < -0.3 is 10.1 Å². The predicted molar refractivity (Wildman–Crippen MR) is 102 cm³/mol. The molecule has 0 aliphatic rings. The van der Waals surface area contributed by atoms with Gasteiger partial charge in [0.2, 0.25) is 5.91 Å². The lowest BCUT2D eigenvalue weighted by Crippen LogP contribution is -2.12. The molecule has 1 heterocycles. The van der Waals surface area contributed by atoms with Gasteiger partial charge in [0.15, 0.2) is 5.13 Å². The number of thiazole rings is 1. The highest BCUT2D eigenvalue weighted by molar-refractivity contribution is 14.1. The molecule has 1 N–H and O–H groups in total. The summed E-state index contributed by atoms with van der Waals surface area (Å²) in [5, 5.41) is 3.54. The molecule has 0 saturated heterocycles. The van der Waals surface area contributed by atoms with E-state index in [1.54, 1.807) is 7.11 Å². The second-order valence-electron chi connectivity index (χ2n) is 5.03. The van der Waals surface area contributed by atoms with Crippen molar-refractivity contribution in [3.63, 3.8) is 0 Å². The highest BCUT2D eigenvalue weighted by Gasteiger charge is 2.08. The SMILES string of the molecule is COc1ccc(CCC(=O)Nc2nc3ccc(I)cc3s2)cc1. The van der Waals surface area contributed by atoms with Gasteiger partial charge in [0.25, 0.3) is 0 Å². The Hall–Kier alpha value is -1.67. The highest BCUT2D eigenvalue weighted by atomic mass is 127. The number of aryl methyl sites for hydroxylation is 1. The molecule has 3 rings (SSSR count). The third-order valence-corrected chi connectivity index (χ3v) is 5.00. The first-order valence-corrected chi connectivity index (χ1v) is 9.02. The lowest BCUT2D eigenvalue weighted by atomic mass is 10.1. The number of carbonyl (C=O) groups excluding carboxylic acids is 1. The van der Waals surface area contributed by atoms with Crippen LogP contribution in [0, 0.1) is 3.57 Å². The van der Waals surface area contributed by atoms with Crippen molar-refractivity contribution < 1.29 is 9.53 Å². The van der Waals surface area contributed by atoms with Gasteiger partial charge in [-0.05, 0) is 64.9 Å². The number of amides is 1. The van der Waals surface area contributed by atoms with Gasteiger partial charge in [-0.2, -0.15) is 0 Å². The van der Waals surface area contributed by atoms with Crippen LogP contribution in [0.5, 0.6) is 5.75 Å². The van der Waals surface area contributed by atoms with Crippen molar-refractivity contribution in [3.05, 3.63) is 51.6 Å². The van der Waals surface area contributed by atoms with E-state index < -0.39 is 0 Å². The van der Waals surface area contributed by atoms with E-state index in [4.69, 9.17) is 4.74 Å². The minimum atomic E-state index is -0.0189. The smallest absolute Gasteiger partial charge is 0.226 e. The number of hydrogen-bond donors (Lipinski definition) is 1. The maximum Gasteiger partial charge on any atom is 0.226 e. The van der Waals surface area contributed by atoms with Gasteiger partial charge in [0, 0.05) is 9.99 Å². The van der Waals surface area contributed by atoms with E-state index in [1.807, 2.05) is 36.4 Å². The minimum Gasteiger partial charge on any atom is -0.497 e. The number of hydrogen-bond acceptors (Lipinski definition) is 4. The number of aromatic nitrogens is 1. The van der Waals surface area contributed by atoms with Crippen LogP contribution in [0.25, 0.3) is 10.2 Å². The zero-order valence-corrected chi connectivity index (χ0v) is 15.5. The molecule has 4 nitrogen and oxygen atoms in total. The number of anilines is 1. The summed E-state index contributed by atoms with van der Waals surface area (Å²) in [6, 6.07) is 13.8. The number of ether oxygens (including phenoxy) is 1. The van der Waals surface area contributed by atoms with Crippen molar-refractivity contribution in [3.8, 4) is 5.75 Å². The molecule has 23 heavy (non-hydrogen) atoms. The Balaban J connectivity index is 1.59. The van der Waals surface area contributed by atoms with E-state index in [9.17, 15) is 4.79 Å². The lowest BCUT2D eigenvalue weighted by Gasteiger charge is -2.03. The van der Waals surface area contributed by atoms with Crippen molar-refractivity contribution in [2.45, 2.75) is 12.8 Å². The summed E-state index contributed by atoms with van der Waals surface area (Å²) in [6.07, 6.45) is 1.12. The Kier molecular flexibility index (Phi) is 5.12. The molecule has 2 aromatic carbocycles. The fourth-order valence-electron chi connectivity index (χ4n) is 2.18. The van der Waals surface area contributed by atoms with Crippen molar-refractivity contribution in [1.82, 2.24) is 4.98 Å². The van der Waals surface area contributed by atoms with Gasteiger partial charge in [-0.25, -0.2) is 4.98 Å². The number of rotatable bonds is 5. The van der Waals surface area contributed by atoms with Crippen molar-refractivity contribution >= 4 is 55.2 Å². The van der Waals surface area contributed by atoms with Crippen molar-refractivity contribution in [2.75, 3.05) is 12.4 Å². The first-order valence-electron chi connectivity index (χ1n) is 7.13. The summed E-state index contributed by atoms with van der Waals surface area (Å²) < 4.78 is 7.37. The average Bonchev–Trinajstić information content (AvgIpc) is 2.94. The summed E-state index contributed by atoms with van der Waals surface area (Å²) in [7, 11) is 1.64. The van der Waals surface area contributed by atoms with Crippen LogP contribution in [0.4, 0.5) is 5.13 Å². The van der Waals surface area contributed by atoms with Gasteiger partial charge >= 0.3 is 0 Å². The molecular formula is C17H15IN2O2S. The average molecular weight is 438 g/mol. The Morgan fingerprint density at radius 3 is 2.78 bits per heavy atom. The standard InChI is InChI=1S/C17H15IN2O2S/c1-22-13-6-2-11(3-7-13)4-9-16(21)20-17-19-14-8-5-12(18)10-15(14)23-17/h2-3,5-8,10H,4,9H2,1H3,(H,19,20,21). The first kappa shape index (κ1) is 16.2. The molecule has 0 aliphatic carbocycles. The maximum atomic E-state index is 12.1. The molecule has 0 saturated carbocycles. The van der Waals surface area contributed by atoms with E-state index in [0.29, 0.717) is 18.0 Å². The number of fused-ring (bicyclic) bond motifs is 1. The first-order chi connectivity index (χ1) is 11.1. The molecule has 1 aromatic heterocycles. The fraction of sp³-hybridized carbons (Fsp3) is 0.176. The molecular weight excluding hydrogens is 423 g/mol. The van der Waals surface area contributed by atoms with Crippen LogP contribution in [0.3, 0.4) is 0 Å². The molecule has 0 bridgehead atoms. The molecule has 0 radical (unpaired) electrons. The quantitative estimate of drug-likeness (QED) is 0.598. The monoisotopic (exact) mass is 438 g/mol. The summed E-state index contributed by atoms with van der Waals surface area (Å²) in [5.41, 5.74) is 2.03. The van der Waals surface area contributed by atoms with Crippen LogP contribution in [-0.4, -0.2) is 18.0 Å². The van der Waals surface area contributed by atoms with Crippen LogP contribution in [-0.2, 0) is 11.2 Å². The molecule has 0 unspecified atom stereocenters. The fourth-order valence-corrected chi connectivity index (χ4v) is 3.81. The molecule has 6 heteroatoms. The van der Waals surface area contributed by atoms with E-state index in [0.717, 1.165) is 25.1 Å². The predicted octanol–water partition coefficient (Wildman–Crippen LogP) is 4.48. The Bertz CT molecular complexity index is 830. The highest BCUT2D eigenvalue weighted by Crippen LogP contribution is 2.27. The summed E-state index contributed by atoms with van der Waals surface area (Å²) in [5.74, 6) is 0.803. The van der Waals surface area contributed by atoms with E-state index in [1.165, 1.54) is 11.3 Å². The second kappa shape index (κ2) is 7.27. The largest absolute Gasteiger partial charge is 0.497 e. The summed E-state index contributed by atoms with van der Waals surface area (Å²) in [6.45, 7) is 0. The normalized spacial score (nSPS) is 10.7. The zero-order valence-electron chi connectivity index (χ0n) is 12.5. The van der Waals surface area contributed by atoms with Gasteiger partial charge in [-0.3, -0.25) is 4.79 Å². The molecule has 0 spiro atoms. The van der Waals surface area contributed by atoms with Crippen LogP contribution in [0.1, 0.15) is 12.0 Å². The second-order valence-corrected chi connectivity index (χ2v) is 7.30. The van der Waals surface area contributed by atoms with E-state index in [2.05, 4.69) is 39.0 Å². The molecule has 3 aromatic rings. The Morgan fingerprint density at radius 2 is 2.04 bits per heavy atom. The van der Waals surface area contributed by atoms with Gasteiger partial charge in [0.05, 0.1) is 17.3 Å². The van der Waals surface area contributed by atoms with Crippen molar-refractivity contribution in [1.29, 1.82) is 0 Å². The van der Waals surface area contributed by atoms with Crippen LogP contribution in [0.2, 0.25) is 0 Å². The number of nitrogens with one attached hydrogen (secondary N) is 1. The van der Waals surface area contributed by atoms with E-state index in [-0.39, 0.29) is 5.91 Å². The van der Waals surface area contributed by atoms with Gasteiger partial charge in [-0.1, -0.05) is 23.5 Å². The Morgan fingerprint density at radius 1 is 1.26 bits per heavy atom. The van der Waals surface area contributed by atoms with Crippen LogP contribution < -0.4 is 10.1 Å². The molecule has 1 amide bonds. The Labute approximate surface area is 152 Å². The topological polar surface area (TPSA) is 51.2 Å². The third-order valence-electron chi connectivity index (χ3n) is 3.40. The van der Waals surface area contributed by atoms with Gasteiger partial charge in [-0.15, -0.1) is 0 Å². The number of nitrogens with zero attached hydrogens (tertiary/aromatic N) is 1. The number of halogens is 1. The minimum absolute atomic E-state index is 0.0189. The number of benzene rings is 2. The van der Waals surface area contributed by atoms with Crippen LogP contribution in [0.15, 0.2) is 42.5 Å². The van der Waals surface area contributed by atoms with Gasteiger partial charge in [0.1, 0.15) is 5.75 Å². The summed E-state index contributed by atoms with van der Waals surface area (Å²) in [4.78, 5) is 16.5. The van der Waals surface area contributed by atoms with Crippen molar-refractivity contribution in [2.24, 2.45) is 0 Å². The molecule has 0 atom stereocenters. The number of methoxy groups -OCH3 is 1. The zero-order chi connectivity index (χ0) is 16.2. The summed E-state index contributed by atoms with van der Waals surface area (Å²) >= 11 is 3.77. The molecule has 0 fully saturated rings.